The van der Waals surface area contributed by atoms with Gasteiger partial charge >= 0.3 is 21.7 Å². The van der Waals surface area contributed by atoms with Crippen molar-refractivity contribution in [1.29, 1.82) is 0 Å². The zero-order valence-corrected chi connectivity index (χ0v) is 6.81. The Labute approximate surface area is 65.7 Å². The van der Waals surface area contributed by atoms with E-state index in [0.717, 1.165) is 0 Å². The summed E-state index contributed by atoms with van der Waals surface area (Å²) in [7, 11) is -3.92. The Bertz CT molecular complexity index is 245. The molecule has 1 rings (SSSR count). The van der Waals surface area contributed by atoms with Gasteiger partial charge in [-0.15, -0.1) is 0 Å². The maximum Gasteiger partial charge on any atom is 0.359 e. The number of nitrogens with one attached hydrogen (secondary N) is 1. The Kier molecular flexibility index (Phi) is 2.92. The fourth-order valence-corrected chi connectivity index (χ4v) is 1.51. The predicted molar refractivity (Wildman–Crippen MR) is 33.2 cm³/mol. The van der Waals surface area contributed by atoms with Gasteiger partial charge in [0.2, 0.25) is 0 Å². The van der Waals surface area contributed by atoms with Crippen LogP contribution in [0.4, 0.5) is 0 Å². The van der Waals surface area contributed by atoms with E-state index in [-0.39, 0.29) is 13.2 Å². The first-order valence-electron chi connectivity index (χ1n) is 2.49. The van der Waals surface area contributed by atoms with Crippen LogP contribution in [0.2, 0.25) is 0 Å². The summed E-state index contributed by atoms with van der Waals surface area (Å²) in [4.78, 5) is 1.44. The molecule has 1 fully saturated rings. The van der Waals surface area contributed by atoms with Crippen molar-refractivity contribution >= 4 is 21.7 Å². The molecule has 7 nitrogen and oxygen atoms in total. The topological polar surface area (TPSA) is 90.9 Å². The first-order valence-corrected chi connectivity index (χ1v) is 4.89. The molecule has 0 aromatic carbocycles. The van der Waals surface area contributed by atoms with Crippen molar-refractivity contribution in [3.8, 4) is 0 Å². The molecular formula is C2H5NO6S2. The molecule has 0 aromatic heterocycles. The number of rotatable bonds is 0. The molecular weight excluding hydrogens is 198 g/mol. The van der Waals surface area contributed by atoms with Crippen molar-refractivity contribution in [3.63, 3.8) is 0 Å². The highest BCUT2D eigenvalue weighted by Gasteiger charge is 2.16. The summed E-state index contributed by atoms with van der Waals surface area (Å²) >= 11 is -2.09. The molecule has 0 radical (unpaired) electrons. The molecule has 0 bridgehead atoms. The highest BCUT2D eigenvalue weighted by atomic mass is 32.2. The van der Waals surface area contributed by atoms with E-state index in [1.165, 1.54) is 4.89 Å². The van der Waals surface area contributed by atoms with Gasteiger partial charge in [0.05, 0.1) is 13.2 Å². The minimum Gasteiger partial charge on any atom is -0.265 e. The van der Waals surface area contributed by atoms with Gasteiger partial charge < -0.3 is 0 Å². The molecule has 1 aliphatic heterocycles. The maximum atomic E-state index is 10.5. The standard InChI is InChI=1S/C2H5NO6S2/c4-10-7-1-2-8-11(5,6)3-9-10/h3H,1-2H2. The smallest absolute Gasteiger partial charge is 0.265 e. The SMILES string of the molecule is O=S1OCCOS(=O)(=O)NO1. The zero-order chi connectivity index (χ0) is 8.32. The van der Waals surface area contributed by atoms with Crippen LogP contribution in [0.1, 0.15) is 0 Å². The van der Waals surface area contributed by atoms with E-state index in [2.05, 4.69) is 12.6 Å². The first kappa shape index (κ1) is 9.03. The summed E-state index contributed by atoms with van der Waals surface area (Å²) in [5.41, 5.74) is 0. The van der Waals surface area contributed by atoms with Crippen LogP contribution in [0.25, 0.3) is 0 Å². The third kappa shape index (κ3) is 3.22. The van der Waals surface area contributed by atoms with E-state index >= 15 is 0 Å². The van der Waals surface area contributed by atoms with Crippen LogP contribution in [0.5, 0.6) is 0 Å². The van der Waals surface area contributed by atoms with Gasteiger partial charge in [-0.1, -0.05) is 4.89 Å². The molecule has 1 heterocycles. The predicted octanol–water partition coefficient (Wildman–Crippen LogP) is -1.62. The van der Waals surface area contributed by atoms with Crippen molar-refractivity contribution in [3.05, 3.63) is 0 Å². The minimum atomic E-state index is -3.92. The molecule has 1 N–H and O–H groups in total. The van der Waals surface area contributed by atoms with Gasteiger partial charge in [0.1, 0.15) is 0 Å². The monoisotopic (exact) mass is 203 g/mol. The van der Waals surface area contributed by atoms with Crippen molar-refractivity contribution in [2.75, 3.05) is 13.2 Å². The molecule has 0 saturated carbocycles. The van der Waals surface area contributed by atoms with Gasteiger partial charge in [-0.05, 0) is 0 Å². The van der Waals surface area contributed by atoms with E-state index < -0.39 is 21.7 Å². The van der Waals surface area contributed by atoms with E-state index in [4.69, 9.17) is 0 Å². The van der Waals surface area contributed by atoms with Crippen LogP contribution in [0.3, 0.4) is 0 Å². The largest absolute Gasteiger partial charge is 0.359 e. The fraction of sp³-hybridized carbons (Fsp3) is 1.00. The molecule has 66 valence electrons. The first-order chi connectivity index (χ1) is 5.10. The van der Waals surface area contributed by atoms with Crippen LogP contribution in [-0.2, 0) is 34.3 Å². The highest BCUT2D eigenvalue weighted by Crippen LogP contribution is 1.96. The van der Waals surface area contributed by atoms with Crippen molar-refractivity contribution < 1.29 is 25.3 Å². The molecule has 11 heavy (non-hydrogen) atoms. The molecule has 0 aliphatic carbocycles. The van der Waals surface area contributed by atoms with E-state index in [1.54, 1.807) is 0 Å². The number of hydrogen-bond acceptors (Lipinski definition) is 6. The molecule has 1 atom stereocenters. The molecule has 9 heteroatoms. The quantitative estimate of drug-likeness (QED) is 0.508. The lowest BCUT2D eigenvalue weighted by Crippen LogP contribution is -2.31. The van der Waals surface area contributed by atoms with Crippen molar-refractivity contribution in [2.45, 2.75) is 0 Å². The van der Waals surface area contributed by atoms with Crippen LogP contribution in [-0.4, -0.2) is 25.8 Å². The van der Waals surface area contributed by atoms with E-state index in [1.807, 2.05) is 0 Å². The Morgan fingerprint density at radius 2 is 2.09 bits per heavy atom. The van der Waals surface area contributed by atoms with Gasteiger partial charge in [0.25, 0.3) is 0 Å². The molecule has 1 saturated heterocycles. The number of hydrogen-bond donors (Lipinski definition) is 1. The minimum absolute atomic E-state index is 0.104. The van der Waals surface area contributed by atoms with Crippen molar-refractivity contribution in [1.82, 2.24) is 4.89 Å². The average molecular weight is 203 g/mol. The van der Waals surface area contributed by atoms with Crippen LogP contribution in [0, 0.1) is 0 Å². The Morgan fingerprint density at radius 3 is 2.82 bits per heavy atom. The fourth-order valence-electron chi connectivity index (χ4n) is 0.363. The Morgan fingerprint density at radius 1 is 1.36 bits per heavy atom. The van der Waals surface area contributed by atoms with E-state index in [9.17, 15) is 12.6 Å². The second kappa shape index (κ2) is 3.56. The van der Waals surface area contributed by atoms with E-state index in [0.29, 0.717) is 0 Å². The lowest BCUT2D eigenvalue weighted by atomic mass is 10.8. The molecule has 0 aromatic rings. The van der Waals surface area contributed by atoms with Gasteiger partial charge in [0.15, 0.2) is 0 Å². The second-order valence-electron chi connectivity index (χ2n) is 1.47. The van der Waals surface area contributed by atoms with Gasteiger partial charge in [-0.2, -0.15) is 16.9 Å². The van der Waals surface area contributed by atoms with Crippen molar-refractivity contribution in [2.24, 2.45) is 0 Å². The third-order valence-corrected chi connectivity index (χ3v) is 2.15. The van der Waals surface area contributed by atoms with Gasteiger partial charge in [-0.25, -0.2) is 0 Å². The molecule has 1 aliphatic rings. The second-order valence-corrected chi connectivity index (χ2v) is 3.59. The lowest BCUT2D eigenvalue weighted by molar-refractivity contribution is 0.151. The summed E-state index contributed by atoms with van der Waals surface area (Å²) in [6, 6.07) is 0. The average Bonchev–Trinajstić information content (AvgIpc) is 1.92. The van der Waals surface area contributed by atoms with Crippen LogP contribution < -0.4 is 4.89 Å². The Hall–Kier alpha value is -0.0600. The highest BCUT2D eigenvalue weighted by molar-refractivity contribution is 7.85. The van der Waals surface area contributed by atoms with Crippen LogP contribution >= 0.6 is 0 Å². The lowest BCUT2D eigenvalue weighted by Gasteiger charge is -2.09. The normalized spacial score (nSPS) is 32.2. The van der Waals surface area contributed by atoms with Gasteiger partial charge in [-0.3, -0.25) is 8.37 Å². The molecule has 0 spiro atoms. The summed E-state index contributed by atoms with van der Waals surface area (Å²) < 4.78 is 44.0. The summed E-state index contributed by atoms with van der Waals surface area (Å²) in [5, 5.41) is 0. The summed E-state index contributed by atoms with van der Waals surface area (Å²) in [6.07, 6.45) is 0. The van der Waals surface area contributed by atoms with Gasteiger partial charge in [0, 0.05) is 0 Å². The third-order valence-electron chi connectivity index (χ3n) is 0.705. The van der Waals surface area contributed by atoms with Crippen LogP contribution in [0.15, 0.2) is 0 Å². The zero-order valence-electron chi connectivity index (χ0n) is 5.18. The summed E-state index contributed by atoms with van der Waals surface area (Å²) in [6.45, 7) is -0.294. The Balaban J connectivity index is 2.58. The maximum absolute atomic E-state index is 10.5. The molecule has 0 amide bonds. The summed E-state index contributed by atoms with van der Waals surface area (Å²) in [5.74, 6) is 0. The molecule has 1 unspecified atom stereocenters.